The summed E-state index contributed by atoms with van der Waals surface area (Å²) < 4.78 is 1.31. The van der Waals surface area contributed by atoms with Gasteiger partial charge >= 0.3 is 5.69 Å². The molecule has 2 rings (SSSR count). The summed E-state index contributed by atoms with van der Waals surface area (Å²) >= 11 is 12.0. The molecule has 0 saturated heterocycles. The third-order valence-corrected chi connectivity index (χ3v) is 4.06. The molecule has 0 aliphatic carbocycles. The monoisotopic (exact) mass is 356 g/mol. The predicted octanol–water partition coefficient (Wildman–Crippen LogP) is 3.91. The Hall–Kier alpha value is -2.12. The van der Waals surface area contributed by atoms with Crippen molar-refractivity contribution in [3.05, 3.63) is 49.7 Å². The molecule has 122 valence electrons. The van der Waals surface area contributed by atoms with Crippen molar-refractivity contribution >= 4 is 40.5 Å². The molecular formula is C14H14Cl2N4O3. The lowest BCUT2D eigenvalue weighted by molar-refractivity contribution is -0.386. The molecule has 1 aromatic heterocycles. The van der Waals surface area contributed by atoms with Gasteiger partial charge in [-0.1, -0.05) is 29.3 Å². The number of nitrogens with zero attached hydrogens (tertiary/aromatic N) is 3. The van der Waals surface area contributed by atoms with Crippen LogP contribution in [0.5, 0.6) is 0 Å². The first-order valence-corrected chi connectivity index (χ1v) is 7.44. The van der Waals surface area contributed by atoms with E-state index in [0.29, 0.717) is 21.4 Å². The normalized spacial score (nSPS) is 12.0. The maximum atomic E-state index is 12.4. The average Bonchev–Trinajstić information content (AvgIpc) is 2.77. The van der Waals surface area contributed by atoms with E-state index in [9.17, 15) is 14.9 Å². The van der Waals surface area contributed by atoms with Gasteiger partial charge in [0.15, 0.2) is 0 Å². The SMILES string of the molecule is Cc1nn(C(C)C(=O)Nc2c(Cl)cccc2Cl)c(C)c1[N+](=O)[O-]. The molecule has 9 heteroatoms. The molecule has 1 amide bonds. The van der Waals surface area contributed by atoms with Gasteiger partial charge in [0.25, 0.3) is 0 Å². The second-order valence-electron chi connectivity index (χ2n) is 4.98. The summed E-state index contributed by atoms with van der Waals surface area (Å²) in [6, 6.07) is 4.09. The van der Waals surface area contributed by atoms with Crippen LogP contribution in [0.3, 0.4) is 0 Å². The van der Waals surface area contributed by atoms with Gasteiger partial charge in [0.1, 0.15) is 17.4 Å². The van der Waals surface area contributed by atoms with E-state index in [0.717, 1.165) is 0 Å². The fourth-order valence-corrected chi connectivity index (χ4v) is 2.74. The number of nitrogens with one attached hydrogen (secondary N) is 1. The lowest BCUT2D eigenvalue weighted by Crippen LogP contribution is -2.25. The van der Waals surface area contributed by atoms with Crippen LogP contribution in [0.1, 0.15) is 24.4 Å². The number of aryl methyl sites for hydroxylation is 1. The van der Waals surface area contributed by atoms with Gasteiger partial charge < -0.3 is 5.32 Å². The molecule has 0 spiro atoms. The number of hydrogen-bond donors (Lipinski definition) is 1. The summed E-state index contributed by atoms with van der Waals surface area (Å²) in [6.07, 6.45) is 0. The number of anilines is 1. The van der Waals surface area contributed by atoms with E-state index in [2.05, 4.69) is 10.4 Å². The largest absolute Gasteiger partial charge is 0.322 e. The zero-order chi connectivity index (χ0) is 17.3. The molecule has 1 unspecified atom stereocenters. The molecule has 0 fully saturated rings. The van der Waals surface area contributed by atoms with E-state index in [4.69, 9.17) is 23.2 Å². The van der Waals surface area contributed by atoms with E-state index in [1.54, 1.807) is 32.0 Å². The molecule has 23 heavy (non-hydrogen) atoms. The van der Waals surface area contributed by atoms with Gasteiger partial charge in [0, 0.05) is 0 Å². The zero-order valence-corrected chi connectivity index (χ0v) is 14.1. The number of nitro groups is 1. The molecule has 1 atom stereocenters. The number of hydrogen-bond acceptors (Lipinski definition) is 4. The molecule has 2 aromatic rings. The standard InChI is InChI=1S/C14H14Cl2N4O3/c1-7-13(20(22)23)8(2)19(18-7)9(3)14(21)17-12-10(15)5-4-6-11(12)16/h4-6,9H,1-3H3,(H,17,21). The van der Waals surface area contributed by atoms with Crippen LogP contribution in [0.15, 0.2) is 18.2 Å². The van der Waals surface area contributed by atoms with Crippen molar-refractivity contribution in [1.29, 1.82) is 0 Å². The molecule has 0 aliphatic heterocycles. The number of carbonyl (C=O) groups is 1. The minimum absolute atomic E-state index is 0.0968. The number of halogens is 2. The highest BCUT2D eigenvalue weighted by Crippen LogP contribution is 2.31. The van der Waals surface area contributed by atoms with Crippen LogP contribution in [0, 0.1) is 24.0 Å². The van der Waals surface area contributed by atoms with Crippen LogP contribution in [0.2, 0.25) is 10.0 Å². The number of carbonyl (C=O) groups excluding carboxylic acids is 1. The van der Waals surface area contributed by atoms with Crippen LogP contribution in [0.4, 0.5) is 11.4 Å². The predicted molar refractivity (Wildman–Crippen MR) is 88.2 cm³/mol. The minimum atomic E-state index is -0.769. The maximum Gasteiger partial charge on any atom is 0.312 e. The van der Waals surface area contributed by atoms with Crippen molar-refractivity contribution in [2.24, 2.45) is 0 Å². The lowest BCUT2D eigenvalue weighted by atomic mass is 10.2. The van der Waals surface area contributed by atoms with Gasteiger partial charge in [-0.25, -0.2) is 0 Å². The Balaban J connectivity index is 2.31. The smallest absolute Gasteiger partial charge is 0.312 e. The molecule has 0 saturated carbocycles. The first-order valence-electron chi connectivity index (χ1n) is 6.69. The van der Waals surface area contributed by atoms with Crippen molar-refractivity contribution in [3.8, 4) is 0 Å². The highest BCUT2D eigenvalue weighted by molar-refractivity contribution is 6.39. The number of aromatic nitrogens is 2. The van der Waals surface area contributed by atoms with Crippen LogP contribution >= 0.6 is 23.2 Å². The first kappa shape index (κ1) is 17.2. The molecule has 1 aromatic carbocycles. The number of rotatable bonds is 4. The minimum Gasteiger partial charge on any atom is -0.322 e. The van der Waals surface area contributed by atoms with Gasteiger partial charge in [0.05, 0.1) is 20.7 Å². The highest BCUT2D eigenvalue weighted by Gasteiger charge is 2.27. The summed E-state index contributed by atoms with van der Waals surface area (Å²) in [6.45, 7) is 4.66. The van der Waals surface area contributed by atoms with Crippen molar-refractivity contribution in [3.63, 3.8) is 0 Å². The van der Waals surface area contributed by atoms with Gasteiger partial charge in [-0.05, 0) is 32.9 Å². The van der Waals surface area contributed by atoms with Gasteiger partial charge in [-0.2, -0.15) is 5.10 Å². The Morgan fingerprint density at radius 2 is 1.91 bits per heavy atom. The summed E-state index contributed by atoms with van der Waals surface area (Å²) in [5.41, 5.74) is 0.757. The molecule has 0 bridgehead atoms. The molecule has 0 radical (unpaired) electrons. The van der Waals surface area contributed by atoms with E-state index >= 15 is 0 Å². The fraction of sp³-hybridized carbons (Fsp3) is 0.286. The second kappa shape index (κ2) is 6.55. The first-order chi connectivity index (χ1) is 10.7. The van der Waals surface area contributed by atoms with Crippen molar-refractivity contribution in [2.45, 2.75) is 26.8 Å². The lowest BCUT2D eigenvalue weighted by Gasteiger charge is -2.15. The molecular weight excluding hydrogens is 343 g/mol. The molecule has 0 aliphatic rings. The number of para-hydroxylation sites is 1. The van der Waals surface area contributed by atoms with Crippen LogP contribution in [-0.4, -0.2) is 20.6 Å². The Kier molecular flexibility index (Phi) is 4.91. The van der Waals surface area contributed by atoms with E-state index < -0.39 is 16.9 Å². The second-order valence-corrected chi connectivity index (χ2v) is 5.80. The highest BCUT2D eigenvalue weighted by atomic mass is 35.5. The quantitative estimate of drug-likeness (QED) is 0.663. The topological polar surface area (TPSA) is 90.1 Å². The Bertz CT molecular complexity index is 768. The van der Waals surface area contributed by atoms with E-state index in [1.807, 2.05) is 0 Å². The fourth-order valence-electron chi connectivity index (χ4n) is 2.25. The van der Waals surface area contributed by atoms with Crippen LogP contribution in [-0.2, 0) is 4.79 Å². The van der Waals surface area contributed by atoms with Crippen LogP contribution < -0.4 is 5.32 Å². The van der Waals surface area contributed by atoms with Gasteiger partial charge in [-0.15, -0.1) is 0 Å². The van der Waals surface area contributed by atoms with Crippen molar-refractivity contribution < 1.29 is 9.72 Å². The van der Waals surface area contributed by atoms with Crippen molar-refractivity contribution in [2.75, 3.05) is 5.32 Å². The van der Waals surface area contributed by atoms with Gasteiger partial charge in [-0.3, -0.25) is 19.6 Å². The third kappa shape index (κ3) is 3.30. The summed E-state index contributed by atoms with van der Waals surface area (Å²) in [5.74, 6) is -0.430. The Labute approximate surface area is 142 Å². The molecule has 1 heterocycles. The van der Waals surface area contributed by atoms with Crippen LogP contribution in [0.25, 0.3) is 0 Å². The average molecular weight is 357 g/mol. The summed E-state index contributed by atoms with van der Waals surface area (Å²) in [7, 11) is 0. The third-order valence-electron chi connectivity index (χ3n) is 3.43. The maximum absolute atomic E-state index is 12.4. The Morgan fingerprint density at radius 3 is 2.39 bits per heavy atom. The summed E-state index contributed by atoms with van der Waals surface area (Å²) in [5, 5.41) is 18.4. The van der Waals surface area contributed by atoms with E-state index in [-0.39, 0.29) is 11.4 Å². The zero-order valence-electron chi connectivity index (χ0n) is 12.6. The number of benzene rings is 1. The number of amides is 1. The van der Waals surface area contributed by atoms with Gasteiger partial charge in [0.2, 0.25) is 5.91 Å². The van der Waals surface area contributed by atoms with Crippen molar-refractivity contribution in [1.82, 2.24) is 9.78 Å². The molecule has 1 N–H and O–H groups in total. The summed E-state index contributed by atoms with van der Waals surface area (Å²) in [4.78, 5) is 22.9. The Morgan fingerprint density at radius 1 is 1.35 bits per heavy atom. The van der Waals surface area contributed by atoms with E-state index in [1.165, 1.54) is 11.6 Å². The molecule has 7 nitrogen and oxygen atoms in total.